The van der Waals surface area contributed by atoms with Crippen LogP contribution in [-0.2, 0) is 26.2 Å². The number of alkyl halides is 3. The Morgan fingerprint density at radius 1 is 1.21 bits per heavy atom. The van der Waals surface area contributed by atoms with Crippen LogP contribution in [0.25, 0.3) is 21.8 Å². The van der Waals surface area contributed by atoms with Crippen molar-refractivity contribution in [3.8, 4) is 21.8 Å². The molecule has 1 aliphatic rings. The van der Waals surface area contributed by atoms with Crippen LogP contribution in [0.3, 0.4) is 0 Å². The van der Waals surface area contributed by atoms with Gasteiger partial charge in [-0.25, -0.2) is 9.97 Å². The van der Waals surface area contributed by atoms with Crippen molar-refractivity contribution in [1.29, 1.82) is 0 Å². The number of rotatable bonds is 5. The van der Waals surface area contributed by atoms with E-state index in [0.717, 1.165) is 46.8 Å². The molecule has 1 aliphatic heterocycles. The molecule has 4 aromatic rings. The number of benzene rings is 1. The maximum Gasteiger partial charge on any atom is 0.434 e. The second-order valence-corrected chi connectivity index (χ2v) is 9.01. The molecule has 0 fully saturated rings. The molecule has 33 heavy (non-hydrogen) atoms. The summed E-state index contributed by atoms with van der Waals surface area (Å²) in [5, 5.41) is 5.22. The average Bonchev–Trinajstić information content (AvgIpc) is 3.51. The lowest BCUT2D eigenvalue weighted by atomic mass is 9.91. The number of Topliss-reactive ketones (excluding diaryl/α,β-unsaturated/α-hetero) is 1. The van der Waals surface area contributed by atoms with Gasteiger partial charge in [0.2, 0.25) is 0 Å². The van der Waals surface area contributed by atoms with E-state index < -0.39 is 11.9 Å². The lowest BCUT2D eigenvalue weighted by molar-refractivity contribution is -0.140. The monoisotopic (exact) mass is 471 g/mol. The van der Waals surface area contributed by atoms with Gasteiger partial charge in [0.25, 0.3) is 0 Å². The van der Waals surface area contributed by atoms with Crippen molar-refractivity contribution in [3.63, 3.8) is 0 Å². The zero-order chi connectivity index (χ0) is 23.2. The number of fused-ring (bicyclic) bond motifs is 1. The number of carbonyl (C=O) groups is 1. The van der Waals surface area contributed by atoms with E-state index >= 15 is 0 Å². The summed E-state index contributed by atoms with van der Waals surface area (Å²) in [6, 6.07) is 9.94. The minimum absolute atomic E-state index is 0.0980. The molecule has 1 unspecified atom stereocenters. The number of hydrogen-bond donors (Lipinski definition) is 0. The summed E-state index contributed by atoms with van der Waals surface area (Å²) in [6.07, 6.45) is 0.698. The quantitative estimate of drug-likeness (QED) is 0.373. The average molecular weight is 472 g/mol. The fourth-order valence-corrected chi connectivity index (χ4v) is 5.06. The fraction of sp³-hybridized carbons (Fsp3) is 0.304. The number of carbonyl (C=O) groups excluding carboxylic acids is 1. The molecular formula is C23H20F3N5OS. The third-order valence-corrected chi connectivity index (χ3v) is 6.76. The molecule has 3 aromatic heterocycles. The first-order valence-electron chi connectivity index (χ1n) is 10.5. The number of imidazole rings is 1. The van der Waals surface area contributed by atoms with E-state index in [4.69, 9.17) is 4.98 Å². The molecule has 0 amide bonds. The summed E-state index contributed by atoms with van der Waals surface area (Å²) < 4.78 is 42.5. The molecule has 0 N–H and O–H groups in total. The highest BCUT2D eigenvalue weighted by Crippen LogP contribution is 2.35. The topological polar surface area (TPSA) is 65.6 Å². The summed E-state index contributed by atoms with van der Waals surface area (Å²) in [5.74, 6) is 0.890. The van der Waals surface area contributed by atoms with E-state index in [2.05, 4.69) is 14.6 Å². The van der Waals surface area contributed by atoms with E-state index in [1.54, 1.807) is 7.05 Å². The molecule has 0 saturated carbocycles. The third-order valence-electron chi connectivity index (χ3n) is 5.88. The molecule has 0 spiro atoms. The van der Waals surface area contributed by atoms with E-state index in [9.17, 15) is 18.0 Å². The number of nitrogens with zero attached hydrogens (tertiary/aromatic N) is 5. The van der Waals surface area contributed by atoms with Crippen molar-refractivity contribution in [2.75, 3.05) is 0 Å². The van der Waals surface area contributed by atoms with E-state index in [1.165, 1.54) is 10.9 Å². The molecule has 1 atom stereocenters. The first-order valence-corrected chi connectivity index (χ1v) is 11.4. The molecule has 6 nitrogen and oxygen atoms in total. The van der Waals surface area contributed by atoms with Crippen LogP contribution >= 0.6 is 11.3 Å². The minimum Gasteiger partial charge on any atom is -0.334 e. The van der Waals surface area contributed by atoms with Gasteiger partial charge in [-0.2, -0.15) is 18.3 Å². The lowest BCUT2D eigenvalue weighted by Gasteiger charge is -2.22. The third kappa shape index (κ3) is 4.22. The zero-order valence-electron chi connectivity index (χ0n) is 17.7. The predicted octanol–water partition coefficient (Wildman–Crippen LogP) is 5.26. The normalized spacial score (nSPS) is 16.1. The molecule has 4 heterocycles. The first kappa shape index (κ1) is 21.6. The number of ketones is 1. The van der Waals surface area contributed by atoms with Gasteiger partial charge >= 0.3 is 6.18 Å². The highest BCUT2D eigenvalue weighted by molar-refractivity contribution is 7.13. The Kier molecular flexibility index (Phi) is 5.40. The molecule has 1 aromatic carbocycles. The van der Waals surface area contributed by atoms with Gasteiger partial charge in [-0.15, -0.1) is 11.3 Å². The van der Waals surface area contributed by atoms with Crippen molar-refractivity contribution >= 4 is 17.1 Å². The summed E-state index contributed by atoms with van der Waals surface area (Å²) in [5.41, 5.74) is 1.63. The SMILES string of the molecule is Cn1ncc(-c2nc(C(F)(F)F)cs2)c1C(=O)CC1CCn2cc(-c3ccccc3)nc2C1. The maximum absolute atomic E-state index is 13.2. The Bertz CT molecular complexity index is 1310. The Labute approximate surface area is 191 Å². The van der Waals surface area contributed by atoms with Gasteiger partial charge in [0.15, 0.2) is 11.5 Å². The summed E-state index contributed by atoms with van der Waals surface area (Å²) in [6.45, 7) is 0.771. The van der Waals surface area contributed by atoms with Gasteiger partial charge in [-0.1, -0.05) is 30.3 Å². The van der Waals surface area contributed by atoms with E-state index in [-0.39, 0.29) is 28.8 Å². The summed E-state index contributed by atoms with van der Waals surface area (Å²) in [7, 11) is 1.62. The Morgan fingerprint density at radius 2 is 2.00 bits per heavy atom. The van der Waals surface area contributed by atoms with Gasteiger partial charge in [0.05, 0.1) is 17.5 Å². The lowest BCUT2D eigenvalue weighted by Crippen LogP contribution is -2.22. The maximum atomic E-state index is 13.2. The molecular weight excluding hydrogens is 451 g/mol. The molecule has 170 valence electrons. The van der Waals surface area contributed by atoms with Gasteiger partial charge in [0.1, 0.15) is 16.5 Å². The predicted molar refractivity (Wildman–Crippen MR) is 118 cm³/mol. The van der Waals surface area contributed by atoms with Crippen molar-refractivity contribution in [2.24, 2.45) is 13.0 Å². The van der Waals surface area contributed by atoms with Gasteiger partial charge < -0.3 is 4.57 Å². The number of halogens is 3. The highest BCUT2D eigenvalue weighted by atomic mass is 32.1. The number of thiazole rings is 1. The zero-order valence-corrected chi connectivity index (χ0v) is 18.5. The number of aromatic nitrogens is 5. The minimum atomic E-state index is -4.52. The Hall–Kier alpha value is -3.27. The summed E-state index contributed by atoms with van der Waals surface area (Å²) >= 11 is 0.862. The molecule has 5 rings (SSSR count). The molecule has 10 heteroatoms. The molecule has 0 radical (unpaired) electrons. The van der Waals surface area contributed by atoms with Crippen molar-refractivity contribution in [1.82, 2.24) is 24.3 Å². The smallest absolute Gasteiger partial charge is 0.334 e. The van der Waals surface area contributed by atoms with Crippen LogP contribution < -0.4 is 0 Å². The van der Waals surface area contributed by atoms with Crippen molar-refractivity contribution in [2.45, 2.75) is 32.0 Å². The first-order chi connectivity index (χ1) is 15.8. The van der Waals surface area contributed by atoms with Crippen LogP contribution in [0.1, 0.15) is 34.8 Å². The highest BCUT2D eigenvalue weighted by Gasteiger charge is 2.35. The largest absolute Gasteiger partial charge is 0.434 e. The standard InChI is InChI=1S/C23H20F3N5OS/c1-30-21(16(11-27-30)22-29-19(13-33-22)23(24,25)26)18(32)9-14-7-8-31-12-17(28-20(31)10-14)15-5-3-2-4-6-15/h2-6,11-14H,7-10H2,1H3. The van der Waals surface area contributed by atoms with Crippen LogP contribution in [0.15, 0.2) is 48.1 Å². The second kappa shape index (κ2) is 8.26. The van der Waals surface area contributed by atoms with Crippen LogP contribution in [0.4, 0.5) is 13.2 Å². The van der Waals surface area contributed by atoms with E-state index in [1.807, 2.05) is 36.5 Å². The molecule has 0 saturated heterocycles. The number of hydrogen-bond acceptors (Lipinski definition) is 5. The van der Waals surface area contributed by atoms with Crippen LogP contribution in [0.2, 0.25) is 0 Å². The summed E-state index contributed by atoms with van der Waals surface area (Å²) in [4.78, 5) is 21.7. The second-order valence-electron chi connectivity index (χ2n) is 8.15. The fourth-order valence-electron chi connectivity index (χ4n) is 4.23. The number of aryl methyl sites for hydroxylation is 2. The van der Waals surface area contributed by atoms with E-state index in [0.29, 0.717) is 12.0 Å². The van der Waals surface area contributed by atoms with Crippen molar-refractivity contribution < 1.29 is 18.0 Å². The molecule has 0 aliphatic carbocycles. The van der Waals surface area contributed by atoms with Crippen LogP contribution in [0.5, 0.6) is 0 Å². The van der Waals surface area contributed by atoms with Gasteiger partial charge in [-0.05, 0) is 12.3 Å². The van der Waals surface area contributed by atoms with Gasteiger partial charge in [0, 0.05) is 43.6 Å². The van der Waals surface area contributed by atoms with Gasteiger partial charge in [-0.3, -0.25) is 9.48 Å². The Morgan fingerprint density at radius 3 is 2.73 bits per heavy atom. The van der Waals surface area contributed by atoms with Crippen LogP contribution in [-0.4, -0.2) is 30.1 Å². The molecule has 0 bridgehead atoms. The van der Waals surface area contributed by atoms with Crippen molar-refractivity contribution in [3.05, 3.63) is 65.3 Å². The Balaban J connectivity index is 1.34. The van der Waals surface area contributed by atoms with Crippen LogP contribution in [0, 0.1) is 5.92 Å².